The highest BCUT2D eigenvalue weighted by molar-refractivity contribution is 7.16. The highest BCUT2D eigenvalue weighted by Crippen LogP contribution is 2.16. The van der Waals surface area contributed by atoms with Gasteiger partial charge >= 0.3 is 0 Å². The number of aromatic nitrogens is 5. The monoisotopic (exact) mass is 394 g/mol. The first-order valence-corrected chi connectivity index (χ1v) is 9.67. The quantitative estimate of drug-likeness (QED) is 0.541. The van der Waals surface area contributed by atoms with Crippen LogP contribution < -0.4 is 10.9 Å². The first kappa shape index (κ1) is 18.1. The molecule has 0 saturated heterocycles. The van der Waals surface area contributed by atoms with Gasteiger partial charge in [-0.1, -0.05) is 12.1 Å². The highest BCUT2D eigenvalue weighted by atomic mass is 32.1. The van der Waals surface area contributed by atoms with Crippen LogP contribution in [0, 0.1) is 0 Å². The van der Waals surface area contributed by atoms with E-state index in [2.05, 4.69) is 20.4 Å². The van der Waals surface area contributed by atoms with Gasteiger partial charge in [-0.3, -0.25) is 14.2 Å². The molecule has 1 aromatic carbocycles. The van der Waals surface area contributed by atoms with E-state index in [4.69, 9.17) is 0 Å². The molecule has 0 spiro atoms. The van der Waals surface area contributed by atoms with Crippen molar-refractivity contribution in [3.63, 3.8) is 0 Å². The van der Waals surface area contributed by atoms with Crippen molar-refractivity contribution in [1.29, 1.82) is 0 Å². The van der Waals surface area contributed by atoms with Crippen molar-refractivity contribution in [3.05, 3.63) is 70.6 Å². The van der Waals surface area contributed by atoms with E-state index in [0.29, 0.717) is 16.8 Å². The largest absolute Gasteiger partial charge is 0.350 e. The third-order valence-corrected chi connectivity index (χ3v) is 5.30. The summed E-state index contributed by atoms with van der Waals surface area (Å²) in [4.78, 5) is 33.6. The van der Waals surface area contributed by atoms with Gasteiger partial charge in [0.1, 0.15) is 17.5 Å². The van der Waals surface area contributed by atoms with Crippen LogP contribution in [0.2, 0.25) is 0 Å². The number of carbonyl (C=O) groups is 1. The SMILES string of the molecule is CC(NC(=O)CCn1cnc2sccc2c1=O)c1ccc(-n2cncn2)cc1. The number of amides is 1. The van der Waals surface area contributed by atoms with Crippen LogP contribution in [0.15, 0.2) is 59.5 Å². The number of thiophene rings is 1. The second kappa shape index (κ2) is 7.73. The fraction of sp³-hybridized carbons (Fsp3) is 0.211. The molecular formula is C19H18N6O2S. The van der Waals surface area contributed by atoms with E-state index >= 15 is 0 Å². The lowest BCUT2D eigenvalue weighted by molar-refractivity contribution is -0.121. The fourth-order valence-electron chi connectivity index (χ4n) is 2.93. The van der Waals surface area contributed by atoms with Crippen LogP contribution in [-0.4, -0.2) is 30.2 Å². The van der Waals surface area contributed by atoms with Gasteiger partial charge in [-0.05, 0) is 36.1 Å². The average Bonchev–Trinajstić information content (AvgIpc) is 3.40. The lowest BCUT2D eigenvalue weighted by Gasteiger charge is -2.15. The summed E-state index contributed by atoms with van der Waals surface area (Å²) in [6.45, 7) is 2.22. The summed E-state index contributed by atoms with van der Waals surface area (Å²) in [6.07, 6.45) is 4.82. The second-order valence-electron chi connectivity index (χ2n) is 6.35. The van der Waals surface area contributed by atoms with Gasteiger partial charge in [0.05, 0.1) is 23.4 Å². The van der Waals surface area contributed by atoms with E-state index in [1.165, 1.54) is 28.6 Å². The number of hydrogen-bond donors (Lipinski definition) is 1. The molecule has 3 aromatic heterocycles. The van der Waals surface area contributed by atoms with Gasteiger partial charge in [0.25, 0.3) is 5.56 Å². The van der Waals surface area contributed by atoms with Crippen molar-refractivity contribution < 1.29 is 4.79 Å². The maximum absolute atomic E-state index is 12.4. The number of nitrogens with one attached hydrogen (secondary N) is 1. The molecule has 0 radical (unpaired) electrons. The van der Waals surface area contributed by atoms with Gasteiger partial charge in [0, 0.05) is 13.0 Å². The van der Waals surface area contributed by atoms with Gasteiger partial charge in [-0.15, -0.1) is 11.3 Å². The Morgan fingerprint density at radius 1 is 1.21 bits per heavy atom. The first-order chi connectivity index (χ1) is 13.6. The number of rotatable bonds is 6. The highest BCUT2D eigenvalue weighted by Gasteiger charge is 2.11. The molecule has 4 rings (SSSR count). The van der Waals surface area contributed by atoms with E-state index in [9.17, 15) is 9.59 Å². The van der Waals surface area contributed by atoms with Crippen molar-refractivity contribution in [2.45, 2.75) is 25.9 Å². The Morgan fingerprint density at radius 2 is 2.04 bits per heavy atom. The second-order valence-corrected chi connectivity index (χ2v) is 7.25. The summed E-state index contributed by atoms with van der Waals surface area (Å²) < 4.78 is 3.15. The van der Waals surface area contributed by atoms with Gasteiger partial charge in [0.15, 0.2) is 0 Å². The van der Waals surface area contributed by atoms with Crippen molar-refractivity contribution in [2.24, 2.45) is 0 Å². The molecule has 0 bridgehead atoms. The lowest BCUT2D eigenvalue weighted by atomic mass is 10.1. The maximum atomic E-state index is 12.4. The molecule has 9 heteroatoms. The molecule has 8 nitrogen and oxygen atoms in total. The van der Waals surface area contributed by atoms with Crippen molar-refractivity contribution in [2.75, 3.05) is 0 Å². The molecule has 1 atom stereocenters. The topological polar surface area (TPSA) is 94.7 Å². The van der Waals surface area contributed by atoms with Gasteiger partial charge < -0.3 is 5.32 Å². The van der Waals surface area contributed by atoms with E-state index in [1.807, 2.05) is 36.6 Å². The molecule has 1 unspecified atom stereocenters. The molecule has 28 heavy (non-hydrogen) atoms. The Labute approximate surface area is 164 Å². The molecule has 4 aromatic rings. The van der Waals surface area contributed by atoms with Gasteiger partial charge in [-0.25, -0.2) is 14.6 Å². The first-order valence-electron chi connectivity index (χ1n) is 8.79. The number of benzene rings is 1. The summed E-state index contributed by atoms with van der Waals surface area (Å²) in [5.41, 5.74) is 1.77. The molecule has 1 N–H and O–H groups in total. The Hall–Kier alpha value is -3.33. The van der Waals surface area contributed by atoms with E-state index < -0.39 is 0 Å². The molecule has 0 fully saturated rings. The van der Waals surface area contributed by atoms with Crippen molar-refractivity contribution in [1.82, 2.24) is 29.6 Å². The Balaban J connectivity index is 1.36. The summed E-state index contributed by atoms with van der Waals surface area (Å²) in [7, 11) is 0. The Morgan fingerprint density at radius 3 is 2.79 bits per heavy atom. The molecular weight excluding hydrogens is 376 g/mol. The van der Waals surface area contributed by atoms with E-state index in [1.54, 1.807) is 17.1 Å². The molecule has 0 aliphatic rings. The molecule has 0 aliphatic carbocycles. The van der Waals surface area contributed by atoms with Crippen LogP contribution in [0.1, 0.15) is 24.9 Å². The van der Waals surface area contributed by atoms with Crippen LogP contribution in [0.4, 0.5) is 0 Å². The number of fused-ring (bicyclic) bond motifs is 1. The molecule has 0 saturated carbocycles. The third kappa shape index (κ3) is 3.70. The zero-order valence-electron chi connectivity index (χ0n) is 15.1. The summed E-state index contributed by atoms with van der Waals surface area (Å²) in [6, 6.07) is 9.35. The standard InChI is InChI=1S/C19H18N6O2S/c1-13(14-2-4-15(5-3-14)25-11-20-10-22-25)23-17(26)6-8-24-12-21-18-16(19(24)27)7-9-28-18/h2-5,7,9-13H,6,8H2,1H3,(H,23,26). The predicted octanol–water partition coefficient (Wildman–Crippen LogP) is 2.31. The number of aryl methyl sites for hydroxylation is 1. The smallest absolute Gasteiger partial charge is 0.262 e. The maximum Gasteiger partial charge on any atom is 0.262 e. The summed E-state index contributed by atoms with van der Waals surface area (Å²) >= 11 is 1.43. The van der Waals surface area contributed by atoms with Gasteiger partial charge in [-0.2, -0.15) is 5.10 Å². The zero-order valence-corrected chi connectivity index (χ0v) is 16.0. The van der Waals surface area contributed by atoms with E-state index in [0.717, 1.165) is 11.3 Å². The van der Waals surface area contributed by atoms with Crippen LogP contribution in [0.25, 0.3) is 15.9 Å². The number of carbonyl (C=O) groups excluding carboxylic acids is 1. The van der Waals surface area contributed by atoms with Gasteiger partial charge in [0.2, 0.25) is 5.91 Å². The molecule has 1 amide bonds. The minimum absolute atomic E-state index is 0.115. The van der Waals surface area contributed by atoms with Crippen LogP contribution in [0.3, 0.4) is 0 Å². The summed E-state index contributed by atoms with van der Waals surface area (Å²) in [5, 5.41) is 9.48. The van der Waals surface area contributed by atoms with Crippen LogP contribution >= 0.6 is 11.3 Å². The lowest BCUT2D eigenvalue weighted by Crippen LogP contribution is -2.29. The van der Waals surface area contributed by atoms with Crippen molar-refractivity contribution in [3.8, 4) is 5.69 Å². The van der Waals surface area contributed by atoms with Crippen molar-refractivity contribution >= 4 is 27.5 Å². The normalized spacial score (nSPS) is 12.2. The molecule has 3 heterocycles. The predicted molar refractivity (Wildman–Crippen MR) is 106 cm³/mol. The fourth-order valence-corrected chi connectivity index (χ4v) is 3.65. The summed E-state index contributed by atoms with van der Waals surface area (Å²) in [5.74, 6) is -0.120. The van der Waals surface area contributed by atoms with Crippen LogP contribution in [-0.2, 0) is 11.3 Å². The molecule has 0 aliphatic heterocycles. The Kier molecular flexibility index (Phi) is 4.98. The molecule has 142 valence electrons. The minimum atomic E-state index is -0.147. The van der Waals surface area contributed by atoms with Crippen LogP contribution in [0.5, 0.6) is 0 Å². The number of nitrogens with zero attached hydrogens (tertiary/aromatic N) is 5. The zero-order chi connectivity index (χ0) is 19.5. The van der Waals surface area contributed by atoms with E-state index in [-0.39, 0.29) is 23.9 Å². The average molecular weight is 394 g/mol. The minimum Gasteiger partial charge on any atom is -0.350 e. The third-order valence-electron chi connectivity index (χ3n) is 4.48. The Bertz CT molecular complexity index is 1150. The number of hydrogen-bond acceptors (Lipinski definition) is 6.